The van der Waals surface area contributed by atoms with Crippen LogP contribution in [0.5, 0.6) is 0 Å². The van der Waals surface area contributed by atoms with E-state index >= 15 is 0 Å². The van der Waals surface area contributed by atoms with E-state index in [9.17, 15) is 13.2 Å². The summed E-state index contributed by atoms with van der Waals surface area (Å²) >= 11 is 0. The number of nitrogens with zero attached hydrogens (tertiary/aromatic N) is 7. The Bertz CT molecular complexity index is 1000. The molecule has 4 heterocycles. The Balaban J connectivity index is 1.34. The second-order valence-corrected chi connectivity index (χ2v) is 8.19. The highest BCUT2D eigenvalue weighted by Crippen LogP contribution is 2.28. The molecular formula is C18H21F3N8. The number of alkyl halides is 3. The lowest BCUT2D eigenvalue weighted by Gasteiger charge is -2.40. The fourth-order valence-corrected chi connectivity index (χ4v) is 3.09. The van der Waals surface area contributed by atoms with Crippen molar-refractivity contribution >= 4 is 17.3 Å². The molecule has 1 N–H and O–H groups in total. The van der Waals surface area contributed by atoms with Crippen molar-refractivity contribution < 1.29 is 13.2 Å². The fraction of sp³-hybridized carbons (Fsp3) is 0.500. The smallest absolute Gasteiger partial charge is 0.368 e. The van der Waals surface area contributed by atoms with Gasteiger partial charge in [0.15, 0.2) is 11.5 Å². The number of halogens is 3. The quantitative estimate of drug-likeness (QED) is 0.713. The van der Waals surface area contributed by atoms with E-state index in [0.29, 0.717) is 22.8 Å². The minimum absolute atomic E-state index is 0.0439. The summed E-state index contributed by atoms with van der Waals surface area (Å²) in [4.78, 5) is 2.12. The second kappa shape index (κ2) is 6.82. The Hall–Kier alpha value is -2.98. The van der Waals surface area contributed by atoms with Crippen molar-refractivity contribution in [3.8, 4) is 0 Å². The molecule has 8 nitrogen and oxygen atoms in total. The third-order valence-corrected chi connectivity index (χ3v) is 4.79. The molecule has 29 heavy (non-hydrogen) atoms. The Kier molecular flexibility index (Phi) is 4.55. The minimum Gasteiger partial charge on any atom is -0.368 e. The summed E-state index contributed by atoms with van der Waals surface area (Å²) in [6.45, 7) is 8.44. The van der Waals surface area contributed by atoms with Gasteiger partial charge in [0.2, 0.25) is 0 Å². The molecule has 1 aliphatic rings. The standard InChI is InChI=1S/C18H21F3N8/c1-17(2,3)12-4-6-14(24-23-12)28-9-11(10-28)8-22-13-5-7-15-25-26-16(18(19,20)21)29(15)27-13/h4-7,11H,8-10H2,1-3H3,(H,22,27). The lowest BCUT2D eigenvalue weighted by molar-refractivity contribution is -0.146. The van der Waals surface area contributed by atoms with Crippen molar-refractivity contribution in [2.24, 2.45) is 5.92 Å². The zero-order valence-electron chi connectivity index (χ0n) is 16.3. The van der Waals surface area contributed by atoms with E-state index in [1.807, 2.05) is 12.1 Å². The first kappa shape index (κ1) is 19.3. The summed E-state index contributed by atoms with van der Waals surface area (Å²) in [5.41, 5.74) is 0.946. The summed E-state index contributed by atoms with van der Waals surface area (Å²) in [7, 11) is 0. The molecule has 0 saturated carbocycles. The maximum Gasteiger partial charge on any atom is 0.453 e. The largest absolute Gasteiger partial charge is 0.453 e. The third-order valence-electron chi connectivity index (χ3n) is 4.79. The molecule has 3 aromatic heterocycles. The molecule has 0 spiro atoms. The zero-order chi connectivity index (χ0) is 20.8. The molecule has 0 aliphatic carbocycles. The van der Waals surface area contributed by atoms with E-state index in [2.05, 4.69) is 56.5 Å². The summed E-state index contributed by atoms with van der Waals surface area (Å²) in [5.74, 6) is 0.367. The summed E-state index contributed by atoms with van der Waals surface area (Å²) in [5, 5.41) is 22.3. The van der Waals surface area contributed by atoms with Crippen molar-refractivity contribution in [1.82, 2.24) is 30.0 Å². The molecule has 0 amide bonds. The summed E-state index contributed by atoms with van der Waals surface area (Å²) in [6, 6.07) is 7.01. The molecule has 0 unspecified atom stereocenters. The number of rotatable bonds is 4. The monoisotopic (exact) mass is 406 g/mol. The third kappa shape index (κ3) is 3.94. The van der Waals surface area contributed by atoms with Gasteiger partial charge in [0.25, 0.3) is 5.82 Å². The Morgan fingerprint density at radius 2 is 1.76 bits per heavy atom. The number of fused-ring (bicyclic) bond motifs is 1. The first-order valence-electron chi connectivity index (χ1n) is 9.24. The van der Waals surface area contributed by atoms with Gasteiger partial charge >= 0.3 is 6.18 Å². The molecule has 0 radical (unpaired) electrons. The first-order valence-corrected chi connectivity index (χ1v) is 9.24. The van der Waals surface area contributed by atoms with E-state index < -0.39 is 12.0 Å². The maximum absolute atomic E-state index is 13.0. The van der Waals surface area contributed by atoms with Crippen molar-refractivity contribution in [2.75, 3.05) is 29.9 Å². The minimum atomic E-state index is -4.61. The zero-order valence-corrected chi connectivity index (χ0v) is 16.3. The predicted octanol–water partition coefficient (Wildman–Crippen LogP) is 2.78. The van der Waals surface area contributed by atoms with Crippen LogP contribution < -0.4 is 10.2 Å². The van der Waals surface area contributed by atoms with Gasteiger partial charge in [-0.3, -0.25) is 0 Å². The van der Waals surface area contributed by atoms with Crippen LogP contribution in [0.3, 0.4) is 0 Å². The van der Waals surface area contributed by atoms with E-state index in [1.165, 1.54) is 6.07 Å². The van der Waals surface area contributed by atoms with Crippen LogP contribution in [0.1, 0.15) is 32.3 Å². The second-order valence-electron chi connectivity index (χ2n) is 8.19. The number of nitrogens with one attached hydrogen (secondary N) is 1. The van der Waals surface area contributed by atoms with Gasteiger partial charge in [0, 0.05) is 31.0 Å². The van der Waals surface area contributed by atoms with Crippen LogP contribution >= 0.6 is 0 Å². The Morgan fingerprint density at radius 3 is 2.38 bits per heavy atom. The molecule has 0 bridgehead atoms. The Morgan fingerprint density at radius 1 is 1.00 bits per heavy atom. The van der Waals surface area contributed by atoms with Crippen molar-refractivity contribution in [2.45, 2.75) is 32.4 Å². The average molecular weight is 406 g/mol. The lowest BCUT2D eigenvalue weighted by Crippen LogP contribution is -2.50. The number of hydrogen-bond acceptors (Lipinski definition) is 7. The molecule has 11 heteroatoms. The molecule has 1 fully saturated rings. The molecule has 1 aliphatic heterocycles. The SMILES string of the molecule is CC(C)(C)c1ccc(N2CC(CNc3ccc4nnc(C(F)(F)F)n4n3)C2)nn1. The molecule has 3 aromatic rings. The van der Waals surface area contributed by atoms with E-state index in [0.717, 1.165) is 24.6 Å². The van der Waals surface area contributed by atoms with Gasteiger partial charge in [0.1, 0.15) is 5.82 Å². The Labute approximate surface area is 165 Å². The van der Waals surface area contributed by atoms with Gasteiger partial charge in [-0.25, -0.2) is 0 Å². The van der Waals surface area contributed by atoms with Crippen LogP contribution in [0.25, 0.3) is 5.65 Å². The number of anilines is 2. The summed E-state index contributed by atoms with van der Waals surface area (Å²) in [6.07, 6.45) is -4.61. The van der Waals surface area contributed by atoms with Crippen molar-refractivity contribution in [1.29, 1.82) is 0 Å². The van der Waals surface area contributed by atoms with Gasteiger partial charge in [-0.1, -0.05) is 20.8 Å². The highest BCUT2D eigenvalue weighted by atomic mass is 19.4. The van der Waals surface area contributed by atoms with Crippen LogP contribution in [-0.4, -0.2) is 49.6 Å². The van der Waals surface area contributed by atoms with Gasteiger partial charge in [-0.15, -0.1) is 20.4 Å². The van der Waals surface area contributed by atoms with Crippen LogP contribution in [0.4, 0.5) is 24.8 Å². The molecule has 0 atom stereocenters. The fourth-order valence-electron chi connectivity index (χ4n) is 3.09. The van der Waals surface area contributed by atoms with Crippen molar-refractivity contribution in [3.63, 3.8) is 0 Å². The molecule has 1 saturated heterocycles. The van der Waals surface area contributed by atoms with Gasteiger partial charge in [-0.05, 0) is 24.3 Å². The van der Waals surface area contributed by atoms with E-state index in [4.69, 9.17) is 0 Å². The van der Waals surface area contributed by atoms with E-state index in [-0.39, 0.29) is 11.1 Å². The first-order chi connectivity index (χ1) is 13.6. The topological polar surface area (TPSA) is 84.1 Å². The lowest BCUT2D eigenvalue weighted by atomic mass is 9.92. The highest BCUT2D eigenvalue weighted by molar-refractivity contribution is 5.45. The number of aromatic nitrogens is 6. The summed E-state index contributed by atoms with van der Waals surface area (Å²) < 4.78 is 39.6. The van der Waals surface area contributed by atoms with Gasteiger partial charge < -0.3 is 10.2 Å². The van der Waals surface area contributed by atoms with Crippen LogP contribution in [0.2, 0.25) is 0 Å². The molecular weight excluding hydrogens is 385 g/mol. The van der Waals surface area contributed by atoms with Crippen LogP contribution in [-0.2, 0) is 11.6 Å². The van der Waals surface area contributed by atoms with Gasteiger partial charge in [-0.2, -0.15) is 22.8 Å². The normalized spacial score (nSPS) is 15.6. The highest BCUT2D eigenvalue weighted by Gasteiger charge is 2.37. The number of hydrogen-bond donors (Lipinski definition) is 1. The molecule has 4 rings (SSSR count). The van der Waals surface area contributed by atoms with Crippen molar-refractivity contribution in [3.05, 3.63) is 35.8 Å². The van der Waals surface area contributed by atoms with Crippen LogP contribution in [0, 0.1) is 5.92 Å². The van der Waals surface area contributed by atoms with E-state index in [1.54, 1.807) is 6.07 Å². The maximum atomic E-state index is 13.0. The van der Waals surface area contributed by atoms with Gasteiger partial charge in [0.05, 0.1) is 5.69 Å². The van der Waals surface area contributed by atoms with Crippen LogP contribution in [0.15, 0.2) is 24.3 Å². The average Bonchev–Trinajstić information content (AvgIpc) is 3.03. The molecule has 0 aromatic carbocycles. The molecule has 154 valence electrons. The predicted molar refractivity (Wildman–Crippen MR) is 101 cm³/mol.